The normalized spacial score (nSPS) is 14.1. The number of nitrogens with zero attached hydrogens (tertiary/aromatic N) is 3. The molecule has 1 aromatic heterocycles. The molecule has 3 amide bonds. The summed E-state index contributed by atoms with van der Waals surface area (Å²) in [6, 6.07) is 14.5. The molecule has 172 valence electrons. The van der Waals surface area contributed by atoms with Crippen LogP contribution in [-0.4, -0.2) is 47.2 Å². The molecule has 8 nitrogen and oxygen atoms in total. The third kappa shape index (κ3) is 6.00. The number of anilines is 1. The van der Waals surface area contributed by atoms with Crippen molar-refractivity contribution < 1.29 is 14.3 Å². The fourth-order valence-corrected chi connectivity index (χ4v) is 4.74. The van der Waals surface area contributed by atoms with Crippen molar-refractivity contribution in [2.45, 2.75) is 25.3 Å². The van der Waals surface area contributed by atoms with Crippen LogP contribution in [-0.2, 0) is 6.54 Å². The van der Waals surface area contributed by atoms with Crippen LogP contribution in [0.2, 0.25) is 5.02 Å². The summed E-state index contributed by atoms with van der Waals surface area (Å²) in [5.41, 5.74) is 1.59. The predicted octanol–water partition coefficient (Wildman–Crippen LogP) is 4.54. The number of hydrogen-bond acceptors (Lipinski definition) is 6. The first-order chi connectivity index (χ1) is 16.0. The van der Waals surface area contributed by atoms with Gasteiger partial charge in [0.15, 0.2) is 0 Å². The smallest absolute Gasteiger partial charge is 0.317 e. The van der Waals surface area contributed by atoms with Gasteiger partial charge in [0.05, 0.1) is 7.11 Å². The van der Waals surface area contributed by atoms with Crippen LogP contribution in [0, 0.1) is 0 Å². The van der Waals surface area contributed by atoms with E-state index in [4.69, 9.17) is 16.3 Å². The first-order valence-corrected chi connectivity index (χ1v) is 11.8. The molecule has 0 spiro atoms. The molecular weight excluding hydrogens is 462 g/mol. The standard InChI is InChI=1S/C23H24ClN5O3S/c1-32-19-7-2-4-15(12-19)14-25-23(31)29-10-8-16(9-11-29)21-27-28-22(33-21)20(30)26-18-6-3-5-17(24)13-18/h2-7,12-13,16H,8-11,14H2,1H3,(H,25,31)(H,26,30). The third-order valence-electron chi connectivity index (χ3n) is 5.43. The van der Waals surface area contributed by atoms with E-state index in [9.17, 15) is 9.59 Å². The van der Waals surface area contributed by atoms with E-state index in [0.717, 1.165) is 29.2 Å². The molecule has 2 N–H and O–H groups in total. The van der Waals surface area contributed by atoms with Crippen LogP contribution in [0.4, 0.5) is 10.5 Å². The molecule has 1 aliphatic rings. The zero-order valence-corrected chi connectivity index (χ0v) is 19.7. The molecule has 2 heterocycles. The molecule has 0 saturated carbocycles. The Balaban J connectivity index is 1.27. The number of carbonyl (C=O) groups excluding carboxylic acids is 2. The first-order valence-electron chi connectivity index (χ1n) is 10.6. The van der Waals surface area contributed by atoms with Gasteiger partial charge in [-0.25, -0.2) is 4.79 Å². The quantitative estimate of drug-likeness (QED) is 0.534. The summed E-state index contributed by atoms with van der Waals surface area (Å²) in [6.45, 7) is 1.69. The van der Waals surface area contributed by atoms with Crippen molar-refractivity contribution in [3.8, 4) is 5.75 Å². The van der Waals surface area contributed by atoms with E-state index in [1.165, 1.54) is 11.3 Å². The Bertz CT molecular complexity index is 1130. The van der Waals surface area contributed by atoms with Crippen LogP contribution in [0.3, 0.4) is 0 Å². The molecule has 1 aliphatic heterocycles. The Labute approximate surface area is 200 Å². The highest BCUT2D eigenvalue weighted by Crippen LogP contribution is 2.30. The fourth-order valence-electron chi connectivity index (χ4n) is 3.64. The van der Waals surface area contributed by atoms with Gasteiger partial charge in [-0.2, -0.15) is 0 Å². The molecule has 0 bridgehead atoms. The van der Waals surface area contributed by atoms with Gasteiger partial charge in [-0.3, -0.25) is 4.79 Å². The molecule has 3 aromatic rings. The topological polar surface area (TPSA) is 96.4 Å². The maximum absolute atomic E-state index is 12.6. The Kier molecular flexibility index (Phi) is 7.41. The number of rotatable bonds is 6. The van der Waals surface area contributed by atoms with Crippen molar-refractivity contribution in [1.82, 2.24) is 20.4 Å². The van der Waals surface area contributed by atoms with Crippen molar-refractivity contribution in [1.29, 1.82) is 0 Å². The van der Waals surface area contributed by atoms with Gasteiger partial charge in [-0.05, 0) is 48.7 Å². The second-order valence-corrected chi connectivity index (χ2v) is 9.13. The Morgan fingerprint density at radius 2 is 1.94 bits per heavy atom. The van der Waals surface area contributed by atoms with Crippen LogP contribution < -0.4 is 15.4 Å². The molecule has 1 saturated heterocycles. The van der Waals surface area contributed by atoms with Gasteiger partial charge in [0.1, 0.15) is 10.8 Å². The van der Waals surface area contributed by atoms with E-state index in [1.54, 1.807) is 31.4 Å². The van der Waals surface area contributed by atoms with Crippen LogP contribution in [0.25, 0.3) is 0 Å². The van der Waals surface area contributed by atoms with Crippen molar-refractivity contribution in [2.75, 3.05) is 25.5 Å². The number of ether oxygens (including phenoxy) is 1. The lowest BCUT2D eigenvalue weighted by Crippen LogP contribution is -2.43. The lowest BCUT2D eigenvalue weighted by atomic mass is 9.98. The van der Waals surface area contributed by atoms with E-state index < -0.39 is 0 Å². The molecule has 4 rings (SSSR count). The van der Waals surface area contributed by atoms with Gasteiger partial charge in [-0.1, -0.05) is 41.1 Å². The van der Waals surface area contributed by atoms with Crippen LogP contribution in [0.1, 0.15) is 39.1 Å². The zero-order chi connectivity index (χ0) is 23.2. The second kappa shape index (κ2) is 10.6. The number of benzene rings is 2. The summed E-state index contributed by atoms with van der Waals surface area (Å²) >= 11 is 7.26. The predicted molar refractivity (Wildman–Crippen MR) is 128 cm³/mol. The first kappa shape index (κ1) is 23.0. The van der Waals surface area contributed by atoms with Crippen molar-refractivity contribution in [3.05, 3.63) is 69.1 Å². The summed E-state index contributed by atoms with van der Waals surface area (Å²) in [5.74, 6) is 0.633. The van der Waals surface area contributed by atoms with Crippen LogP contribution >= 0.6 is 22.9 Å². The van der Waals surface area contributed by atoms with Crippen molar-refractivity contribution >= 4 is 40.6 Å². The van der Waals surface area contributed by atoms with E-state index >= 15 is 0 Å². The number of amides is 3. The zero-order valence-electron chi connectivity index (χ0n) is 18.1. The summed E-state index contributed by atoms with van der Waals surface area (Å²) < 4.78 is 5.22. The van der Waals surface area contributed by atoms with E-state index in [-0.39, 0.29) is 17.9 Å². The maximum atomic E-state index is 12.6. The number of methoxy groups -OCH3 is 1. The molecule has 33 heavy (non-hydrogen) atoms. The molecule has 2 aromatic carbocycles. The number of aromatic nitrogens is 2. The highest BCUT2D eigenvalue weighted by atomic mass is 35.5. The SMILES string of the molecule is COc1cccc(CNC(=O)N2CCC(c3nnc(C(=O)Nc4cccc(Cl)c4)s3)CC2)c1. The average Bonchev–Trinajstić information content (AvgIpc) is 3.33. The van der Waals surface area contributed by atoms with Crippen molar-refractivity contribution in [2.24, 2.45) is 0 Å². The highest BCUT2D eigenvalue weighted by molar-refractivity contribution is 7.13. The van der Waals surface area contributed by atoms with Gasteiger partial charge in [0.2, 0.25) is 5.01 Å². The number of nitrogens with one attached hydrogen (secondary N) is 2. The van der Waals surface area contributed by atoms with E-state index in [0.29, 0.717) is 35.4 Å². The number of hydrogen-bond donors (Lipinski definition) is 2. The minimum Gasteiger partial charge on any atom is -0.497 e. The van der Waals surface area contributed by atoms with E-state index in [1.807, 2.05) is 29.2 Å². The van der Waals surface area contributed by atoms with Crippen LogP contribution in [0.5, 0.6) is 5.75 Å². The number of halogens is 1. The lowest BCUT2D eigenvalue weighted by Gasteiger charge is -2.31. The molecule has 10 heteroatoms. The Morgan fingerprint density at radius 3 is 2.70 bits per heavy atom. The number of carbonyl (C=O) groups is 2. The summed E-state index contributed by atoms with van der Waals surface area (Å²) in [5, 5.41) is 15.7. The number of piperidine rings is 1. The minimum atomic E-state index is -0.310. The maximum Gasteiger partial charge on any atom is 0.317 e. The van der Waals surface area contributed by atoms with Gasteiger partial charge in [-0.15, -0.1) is 10.2 Å². The number of urea groups is 1. The Hall–Kier alpha value is -3.17. The average molecular weight is 486 g/mol. The summed E-state index contributed by atoms with van der Waals surface area (Å²) in [4.78, 5) is 26.8. The Morgan fingerprint density at radius 1 is 1.15 bits per heavy atom. The molecule has 0 unspecified atom stereocenters. The highest BCUT2D eigenvalue weighted by Gasteiger charge is 2.27. The molecule has 0 atom stereocenters. The molecule has 0 radical (unpaired) electrons. The largest absolute Gasteiger partial charge is 0.497 e. The van der Waals surface area contributed by atoms with Gasteiger partial charge >= 0.3 is 6.03 Å². The fraction of sp³-hybridized carbons (Fsp3) is 0.304. The van der Waals surface area contributed by atoms with Crippen LogP contribution in [0.15, 0.2) is 48.5 Å². The van der Waals surface area contributed by atoms with E-state index in [2.05, 4.69) is 20.8 Å². The van der Waals surface area contributed by atoms with Gasteiger partial charge < -0.3 is 20.3 Å². The summed E-state index contributed by atoms with van der Waals surface area (Å²) in [6.07, 6.45) is 1.55. The monoisotopic (exact) mass is 485 g/mol. The summed E-state index contributed by atoms with van der Waals surface area (Å²) in [7, 11) is 1.62. The number of likely N-dealkylation sites (tertiary alicyclic amines) is 1. The second-order valence-electron chi connectivity index (χ2n) is 7.68. The lowest BCUT2D eigenvalue weighted by molar-refractivity contribution is 0.102. The minimum absolute atomic E-state index is 0.0878. The molecule has 0 aliphatic carbocycles. The van der Waals surface area contributed by atoms with Gasteiger partial charge in [0, 0.05) is 36.3 Å². The molecule has 1 fully saturated rings. The van der Waals surface area contributed by atoms with Crippen molar-refractivity contribution in [3.63, 3.8) is 0 Å². The van der Waals surface area contributed by atoms with Gasteiger partial charge in [0.25, 0.3) is 5.91 Å². The third-order valence-corrected chi connectivity index (χ3v) is 6.75. The molecular formula is C23H24ClN5O3S.